The lowest BCUT2D eigenvalue weighted by Crippen LogP contribution is -2.13. The Hall–Kier alpha value is -4.28. The van der Waals surface area contributed by atoms with Gasteiger partial charge in [0.1, 0.15) is 11.0 Å². The number of fused-ring (bicyclic) bond motifs is 2. The Morgan fingerprint density at radius 2 is 2.07 bits per heavy atom. The number of nitrogens with one attached hydrogen (secondary N) is 1. The molecule has 4 rings (SSSR count). The summed E-state index contributed by atoms with van der Waals surface area (Å²) >= 11 is 0. The van der Waals surface area contributed by atoms with Crippen LogP contribution in [0.3, 0.4) is 0 Å². The molecule has 3 N–H and O–H groups in total. The molecule has 11 heteroatoms. The van der Waals surface area contributed by atoms with Crippen molar-refractivity contribution in [3.63, 3.8) is 0 Å². The number of aromatic carboxylic acids is 1. The third-order valence-corrected chi connectivity index (χ3v) is 4.27. The Morgan fingerprint density at radius 3 is 2.83 bits per heavy atom. The minimum Gasteiger partial charge on any atom is -0.492 e. The van der Waals surface area contributed by atoms with Crippen LogP contribution in [0, 0.1) is 0 Å². The number of rotatable bonds is 4. The zero-order valence-electron chi connectivity index (χ0n) is 15.0. The highest BCUT2D eigenvalue weighted by Crippen LogP contribution is 2.26. The van der Waals surface area contributed by atoms with Gasteiger partial charge < -0.3 is 14.9 Å². The van der Waals surface area contributed by atoms with Crippen molar-refractivity contribution in [1.29, 1.82) is 0 Å². The molecular weight excluding hydrogens is 380 g/mol. The quantitative estimate of drug-likeness (QED) is 0.472. The van der Waals surface area contributed by atoms with Crippen LogP contribution < -0.4 is 5.32 Å². The number of pyridine rings is 1. The number of hydrogen-bond donors (Lipinski definition) is 3. The molecule has 3 aromatic heterocycles. The number of amides is 1. The zero-order chi connectivity index (χ0) is 20.5. The van der Waals surface area contributed by atoms with Crippen LogP contribution in [0.2, 0.25) is 0 Å². The van der Waals surface area contributed by atoms with Crippen molar-refractivity contribution < 1.29 is 24.5 Å². The Balaban J connectivity index is 1.77. The molecule has 0 atom stereocenters. The first-order chi connectivity index (χ1) is 14.0. The fourth-order valence-corrected chi connectivity index (χ4v) is 3.00. The number of ether oxygens (including phenoxy) is 1. The number of carbonyl (C=O) groups excluding carboxylic acids is 1. The van der Waals surface area contributed by atoms with Gasteiger partial charge in [-0.1, -0.05) is 12.1 Å². The van der Waals surface area contributed by atoms with E-state index in [1.54, 1.807) is 24.4 Å². The molecule has 0 aliphatic carbocycles. The second kappa shape index (κ2) is 7.03. The molecule has 4 aromatic rings. The number of benzene rings is 1. The van der Waals surface area contributed by atoms with Gasteiger partial charge in [-0.15, -0.1) is 0 Å². The third-order valence-electron chi connectivity index (χ3n) is 4.27. The summed E-state index contributed by atoms with van der Waals surface area (Å²) in [6, 6.07) is 6.50. The third kappa shape index (κ3) is 3.25. The molecule has 0 fully saturated rings. The minimum atomic E-state index is -1.05. The van der Waals surface area contributed by atoms with E-state index in [9.17, 15) is 19.8 Å². The number of carboxylic acids is 1. The second-order valence-corrected chi connectivity index (χ2v) is 6.00. The molecule has 0 saturated carbocycles. The number of nitrogens with zero attached hydrogens (tertiary/aromatic N) is 5. The fraction of sp³-hybridized carbons (Fsp3) is 0.111. The Bertz CT molecular complexity index is 1270. The van der Waals surface area contributed by atoms with E-state index in [1.165, 1.54) is 24.1 Å². The van der Waals surface area contributed by atoms with E-state index in [0.29, 0.717) is 22.0 Å². The van der Waals surface area contributed by atoms with Gasteiger partial charge in [-0.3, -0.25) is 15.0 Å². The summed E-state index contributed by atoms with van der Waals surface area (Å²) in [6.07, 6.45) is 2.22. The van der Waals surface area contributed by atoms with E-state index in [-0.39, 0.29) is 29.5 Å². The number of hydrogen-bond acceptors (Lipinski definition) is 8. The number of carboxylic acid groups (broad SMARTS) is 1. The Kier molecular flexibility index (Phi) is 4.39. The fourth-order valence-electron chi connectivity index (χ4n) is 3.00. The van der Waals surface area contributed by atoms with E-state index in [2.05, 4.69) is 30.1 Å². The van der Waals surface area contributed by atoms with E-state index >= 15 is 0 Å². The van der Waals surface area contributed by atoms with Crippen molar-refractivity contribution in [2.45, 2.75) is 6.54 Å². The van der Waals surface area contributed by atoms with Gasteiger partial charge in [0.05, 0.1) is 30.9 Å². The van der Waals surface area contributed by atoms with Gasteiger partial charge in [0.15, 0.2) is 0 Å². The topological polar surface area (TPSA) is 152 Å². The first-order valence-corrected chi connectivity index (χ1v) is 8.35. The highest BCUT2D eigenvalue weighted by atomic mass is 16.5. The summed E-state index contributed by atoms with van der Waals surface area (Å²) in [4.78, 5) is 35.0. The number of aromatic nitrogens is 5. The average Bonchev–Trinajstić information content (AvgIpc) is 3.11. The number of aromatic hydroxyl groups is 1. The zero-order valence-corrected chi connectivity index (χ0v) is 15.0. The van der Waals surface area contributed by atoms with Crippen molar-refractivity contribution in [1.82, 2.24) is 24.7 Å². The number of methoxy groups -OCH3 is 1. The van der Waals surface area contributed by atoms with Gasteiger partial charge in [-0.25, -0.2) is 14.6 Å². The van der Waals surface area contributed by atoms with Crippen LogP contribution in [-0.4, -0.2) is 54.1 Å². The maximum atomic E-state index is 11.5. The molecule has 0 saturated heterocycles. The molecule has 0 aliphatic rings. The molecule has 0 spiro atoms. The van der Waals surface area contributed by atoms with Crippen LogP contribution in [-0.2, 0) is 11.3 Å². The molecule has 0 bridgehead atoms. The van der Waals surface area contributed by atoms with E-state index in [1.807, 2.05) is 0 Å². The molecule has 3 heterocycles. The summed E-state index contributed by atoms with van der Waals surface area (Å²) in [5.41, 5.74) is 1.93. The standard InChI is InChI=1S/C18H14N6O5/c1-29-18(28)23-17-21-12-7-20-24(14(12)15(25)22-17)8-9-4-5-11(16(26)27)10-3-2-6-19-13(9)10/h2-7H,8H2,1H3,(H,26,27)(H2,21,22,23,25,28). The molecule has 29 heavy (non-hydrogen) atoms. The van der Waals surface area contributed by atoms with Gasteiger partial charge in [-0.2, -0.15) is 10.1 Å². The highest BCUT2D eigenvalue weighted by molar-refractivity contribution is 6.03. The van der Waals surface area contributed by atoms with Crippen LogP contribution in [0.4, 0.5) is 10.7 Å². The van der Waals surface area contributed by atoms with Crippen molar-refractivity contribution in [3.8, 4) is 5.88 Å². The molecule has 1 amide bonds. The van der Waals surface area contributed by atoms with Gasteiger partial charge in [0.25, 0.3) is 0 Å². The Labute approximate surface area is 162 Å². The lowest BCUT2D eigenvalue weighted by molar-refractivity contribution is 0.0699. The van der Waals surface area contributed by atoms with Gasteiger partial charge in [0, 0.05) is 11.6 Å². The summed E-state index contributed by atoms with van der Waals surface area (Å²) in [5.74, 6) is -1.55. The molecule has 11 nitrogen and oxygen atoms in total. The van der Waals surface area contributed by atoms with Crippen molar-refractivity contribution in [3.05, 3.63) is 47.8 Å². The molecule has 1 aromatic carbocycles. The smallest absolute Gasteiger partial charge is 0.413 e. The van der Waals surface area contributed by atoms with Crippen molar-refractivity contribution in [2.24, 2.45) is 0 Å². The van der Waals surface area contributed by atoms with E-state index in [4.69, 9.17) is 0 Å². The SMILES string of the molecule is COC(=O)Nc1nc(O)c2c(cnn2Cc2ccc(C(=O)O)c3cccnc23)n1. The molecule has 0 unspecified atom stereocenters. The van der Waals surface area contributed by atoms with Crippen LogP contribution in [0.1, 0.15) is 15.9 Å². The summed E-state index contributed by atoms with van der Waals surface area (Å²) in [5, 5.41) is 26.7. The average molecular weight is 394 g/mol. The molecule has 0 aliphatic heterocycles. The monoisotopic (exact) mass is 394 g/mol. The van der Waals surface area contributed by atoms with Gasteiger partial charge in [-0.05, 0) is 17.7 Å². The molecule has 0 radical (unpaired) electrons. The maximum absolute atomic E-state index is 11.5. The number of anilines is 1. The highest BCUT2D eigenvalue weighted by Gasteiger charge is 2.17. The Morgan fingerprint density at radius 1 is 1.24 bits per heavy atom. The van der Waals surface area contributed by atoms with E-state index < -0.39 is 12.1 Å². The van der Waals surface area contributed by atoms with Crippen LogP contribution in [0.15, 0.2) is 36.7 Å². The van der Waals surface area contributed by atoms with Crippen molar-refractivity contribution >= 4 is 39.9 Å². The summed E-state index contributed by atoms with van der Waals surface area (Å²) in [7, 11) is 1.19. The summed E-state index contributed by atoms with van der Waals surface area (Å²) in [6.45, 7) is 0.192. The lowest BCUT2D eigenvalue weighted by atomic mass is 10.0. The summed E-state index contributed by atoms with van der Waals surface area (Å²) < 4.78 is 5.95. The first kappa shape index (κ1) is 18.1. The predicted molar refractivity (Wildman–Crippen MR) is 101 cm³/mol. The predicted octanol–water partition coefficient (Wildman–Crippen LogP) is 2.00. The van der Waals surface area contributed by atoms with Gasteiger partial charge >= 0.3 is 12.1 Å². The second-order valence-electron chi connectivity index (χ2n) is 6.00. The molecular formula is C18H14N6O5. The molecule has 146 valence electrons. The lowest BCUT2D eigenvalue weighted by Gasteiger charge is -2.10. The van der Waals surface area contributed by atoms with Crippen LogP contribution >= 0.6 is 0 Å². The minimum absolute atomic E-state index is 0.126. The maximum Gasteiger partial charge on any atom is 0.413 e. The first-order valence-electron chi connectivity index (χ1n) is 8.35. The largest absolute Gasteiger partial charge is 0.492 e. The normalized spacial score (nSPS) is 10.9. The van der Waals surface area contributed by atoms with Crippen LogP contribution in [0.25, 0.3) is 21.9 Å². The van der Waals surface area contributed by atoms with Crippen molar-refractivity contribution in [2.75, 3.05) is 12.4 Å². The van der Waals surface area contributed by atoms with Gasteiger partial charge in [0.2, 0.25) is 11.8 Å². The number of carbonyl (C=O) groups is 2. The van der Waals surface area contributed by atoms with E-state index in [0.717, 1.165) is 0 Å². The van der Waals surface area contributed by atoms with Crippen LogP contribution in [0.5, 0.6) is 5.88 Å².